The summed E-state index contributed by atoms with van der Waals surface area (Å²) in [5.41, 5.74) is 0.984. The van der Waals surface area contributed by atoms with Crippen molar-refractivity contribution >= 4 is 19.7 Å². The summed E-state index contributed by atoms with van der Waals surface area (Å²) in [7, 11) is 1.64. The zero-order chi connectivity index (χ0) is 13.8. The van der Waals surface area contributed by atoms with E-state index in [1.807, 2.05) is 0 Å². The maximum Gasteiger partial charge on any atom is 0.264 e. The molecule has 0 bridgehead atoms. The Labute approximate surface area is 113 Å². The molecule has 0 aliphatic rings. The lowest BCUT2D eigenvalue weighted by Gasteiger charge is -2.05. The topological polar surface area (TPSA) is 61.2 Å². The predicted octanol–water partition coefficient (Wildman–Crippen LogP) is 2.24. The van der Waals surface area contributed by atoms with Gasteiger partial charge in [0.15, 0.2) is 0 Å². The molecule has 0 spiro atoms. The molecule has 1 aromatic heterocycles. The maximum atomic E-state index is 11.4. The van der Waals surface area contributed by atoms with Crippen LogP contribution in [0.2, 0.25) is 0 Å². The summed E-state index contributed by atoms with van der Waals surface area (Å²) in [6, 6.07) is 0. The van der Waals surface area contributed by atoms with Gasteiger partial charge in [-0.1, -0.05) is 13.3 Å². The molecule has 0 saturated heterocycles. The van der Waals surface area contributed by atoms with Crippen LogP contribution in [0.25, 0.3) is 0 Å². The minimum absolute atomic E-state index is 0.109. The lowest BCUT2D eigenvalue weighted by molar-refractivity contribution is 0.120. The van der Waals surface area contributed by atoms with E-state index < -0.39 is 9.05 Å². The third-order valence-electron chi connectivity index (χ3n) is 2.65. The average molecular weight is 295 g/mol. The monoisotopic (exact) mass is 294 g/mol. The van der Waals surface area contributed by atoms with Gasteiger partial charge in [0.2, 0.25) is 0 Å². The highest BCUT2D eigenvalue weighted by molar-refractivity contribution is 8.13. The number of rotatable bonds is 7. The van der Waals surface area contributed by atoms with Crippen molar-refractivity contribution in [1.29, 1.82) is 0 Å². The fourth-order valence-electron chi connectivity index (χ4n) is 1.75. The normalized spacial score (nSPS) is 12.0. The SMILES string of the molecule is CCCCOCCn1nc(C)c(S(=O)(=O)Cl)c1C. The van der Waals surface area contributed by atoms with Crippen LogP contribution in [0.3, 0.4) is 0 Å². The Kier molecular flexibility index (Phi) is 5.62. The summed E-state index contributed by atoms with van der Waals surface area (Å²) in [6.07, 6.45) is 2.12. The highest BCUT2D eigenvalue weighted by Gasteiger charge is 2.22. The molecular formula is C11H19ClN2O3S. The van der Waals surface area contributed by atoms with Gasteiger partial charge in [-0.25, -0.2) is 8.42 Å². The Bertz CT molecular complexity index is 497. The summed E-state index contributed by atoms with van der Waals surface area (Å²) in [4.78, 5) is 0.109. The van der Waals surface area contributed by atoms with Crippen molar-refractivity contribution in [3.8, 4) is 0 Å². The summed E-state index contributed by atoms with van der Waals surface area (Å²) in [5, 5.41) is 4.17. The van der Waals surface area contributed by atoms with E-state index in [1.54, 1.807) is 18.5 Å². The summed E-state index contributed by atoms with van der Waals surface area (Å²) < 4.78 is 29.8. The van der Waals surface area contributed by atoms with Crippen LogP contribution < -0.4 is 0 Å². The van der Waals surface area contributed by atoms with E-state index in [2.05, 4.69) is 12.0 Å². The summed E-state index contributed by atoms with van der Waals surface area (Å²) in [5.74, 6) is 0. The first kappa shape index (κ1) is 15.5. The Morgan fingerprint density at radius 3 is 2.50 bits per heavy atom. The summed E-state index contributed by atoms with van der Waals surface area (Å²) in [6.45, 7) is 7.20. The van der Waals surface area contributed by atoms with E-state index in [4.69, 9.17) is 15.4 Å². The fourth-order valence-corrected chi connectivity index (χ4v) is 3.27. The van der Waals surface area contributed by atoms with Crippen molar-refractivity contribution in [2.75, 3.05) is 13.2 Å². The number of aromatic nitrogens is 2. The van der Waals surface area contributed by atoms with Crippen LogP contribution in [0.5, 0.6) is 0 Å². The van der Waals surface area contributed by atoms with Gasteiger partial charge in [-0.15, -0.1) is 0 Å². The number of aryl methyl sites for hydroxylation is 1. The van der Waals surface area contributed by atoms with E-state index in [9.17, 15) is 8.42 Å². The number of halogens is 1. The first-order valence-corrected chi connectivity index (χ1v) is 8.25. The van der Waals surface area contributed by atoms with Gasteiger partial charge in [0.25, 0.3) is 9.05 Å². The third kappa shape index (κ3) is 3.96. The van der Waals surface area contributed by atoms with Gasteiger partial charge >= 0.3 is 0 Å². The van der Waals surface area contributed by atoms with Crippen molar-refractivity contribution < 1.29 is 13.2 Å². The molecule has 0 saturated carbocycles. The van der Waals surface area contributed by atoms with E-state index in [1.165, 1.54) is 0 Å². The molecule has 104 valence electrons. The fraction of sp³-hybridized carbons (Fsp3) is 0.727. The first-order valence-electron chi connectivity index (χ1n) is 5.94. The zero-order valence-corrected chi connectivity index (χ0v) is 12.5. The van der Waals surface area contributed by atoms with Crippen molar-refractivity contribution in [1.82, 2.24) is 9.78 Å². The highest BCUT2D eigenvalue weighted by atomic mass is 35.7. The van der Waals surface area contributed by atoms with Crippen LogP contribution in [-0.4, -0.2) is 31.4 Å². The quantitative estimate of drug-likeness (QED) is 0.571. The Morgan fingerprint density at radius 2 is 2.00 bits per heavy atom. The van der Waals surface area contributed by atoms with Crippen LogP contribution in [-0.2, 0) is 20.3 Å². The molecule has 0 atom stereocenters. The molecule has 0 fully saturated rings. The van der Waals surface area contributed by atoms with Gasteiger partial charge in [0.1, 0.15) is 4.90 Å². The molecule has 0 aliphatic heterocycles. The maximum absolute atomic E-state index is 11.4. The van der Waals surface area contributed by atoms with E-state index in [-0.39, 0.29) is 4.90 Å². The number of ether oxygens (including phenoxy) is 1. The van der Waals surface area contributed by atoms with Crippen molar-refractivity contribution in [2.24, 2.45) is 0 Å². The molecule has 0 aliphatic carbocycles. The number of nitrogens with zero attached hydrogens (tertiary/aromatic N) is 2. The third-order valence-corrected chi connectivity index (χ3v) is 4.19. The molecule has 0 unspecified atom stereocenters. The second-order valence-corrected chi connectivity index (χ2v) is 6.63. The molecule has 0 radical (unpaired) electrons. The van der Waals surface area contributed by atoms with Gasteiger partial charge in [-0.2, -0.15) is 5.10 Å². The van der Waals surface area contributed by atoms with E-state index >= 15 is 0 Å². The molecule has 18 heavy (non-hydrogen) atoms. The van der Waals surface area contributed by atoms with Gasteiger partial charge in [-0.05, 0) is 20.3 Å². The molecule has 5 nitrogen and oxygen atoms in total. The molecule has 7 heteroatoms. The second kappa shape index (κ2) is 6.54. The Balaban J connectivity index is 2.69. The molecule has 1 rings (SSSR count). The lowest BCUT2D eigenvalue weighted by atomic mass is 10.4. The highest BCUT2D eigenvalue weighted by Crippen LogP contribution is 2.22. The molecule has 1 aromatic rings. The largest absolute Gasteiger partial charge is 0.380 e. The average Bonchev–Trinajstić information content (AvgIpc) is 2.53. The smallest absolute Gasteiger partial charge is 0.264 e. The van der Waals surface area contributed by atoms with Crippen LogP contribution in [0, 0.1) is 13.8 Å². The molecule has 0 N–H and O–H groups in total. The Hall–Kier alpha value is -0.590. The van der Waals surface area contributed by atoms with Gasteiger partial charge in [0.05, 0.1) is 24.5 Å². The number of hydrogen-bond donors (Lipinski definition) is 0. The minimum Gasteiger partial charge on any atom is -0.380 e. The van der Waals surface area contributed by atoms with E-state index in [0.29, 0.717) is 24.5 Å². The van der Waals surface area contributed by atoms with E-state index in [0.717, 1.165) is 19.4 Å². The number of hydrogen-bond acceptors (Lipinski definition) is 4. The van der Waals surface area contributed by atoms with Crippen LogP contribution in [0.4, 0.5) is 0 Å². The molecule has 0 amide bonds. The van der Waals surface area contributed by atoms with Crippen molar-refractivity contribution in [3.05, 3.63) is 11.4 Å². The lowest BCUT2D eigenvalue weighted by Crippen LogP contribution is -2.10. The van der Waals surface area contributed by atoms with Gasteiger partial charge in [-0.3, -0.25) is 4.68 Å². The zero-order valence-electron chi connectivity index (χ0n) is 10.9. The molecule has 0 aromatic carbocycles. The minimum atomic E-state index is -3.73. The second-order valence-electron chi connectivity index (χ2n) is 4.13. The van der Waals surface area contributed by atoms with Crippen molar-refractivity contribution in [2.45, 2.75) is 45.1 Å². The van der Waals surface area contributed by atoms with Crippen LogP contribution in [0.15, 0.2) is 4.90 Å². The number of unbranched alkanes of at least 4 members (excludes halogenated alkanes) is 1. The predicted molar refractivity (Wildman–Crippen MR) is 70.5 cm³/mol. The molecule has 1 heterocycles. The standard InChI is InChI=1S/C11H19ClN2O3S/c1-4-5-7-17-8-6-14-10(3)11(9(2)13-14)18(12,15)16/h4-8H2,1-3H3. The van der Waals surface area contributed by atoms with Crippen LogP contribution >= 0.6 is 10.7 Å². The first-order chi connectivity index (χ1) is 8.38. The Morgan fingerprint density at radius 1 is 1.33 bits per heavy atom. The van der Waals surface area contributed by atoms with Crippen LogP contribution in [0.1, 0.15) is 31.2 Å². The summed E-state index contributed by atoms with van der Waals surface area (Å²) >= 11 is 0. The molecular weight excluding hydrogens is 276 g/mol. The van der Waals surface area contributed by atoms with Gasteiger partial charge < -0.3 is 4.74 Å². The van der Waals surface area contributed by atoms with Crippen molar-refractivity contribution in [3.63, 3.8) is 0 Å². The van der Waals surface area contributed by atoms with Gasteiger partial charge in [0, 0.05) is 17.3 Å².